The molecule has 0 saturated heterocycles. The van der Waals surface area contributed by atoms with Crippen molar-refractivity contribution < 1.29 is 19.8 Å². The molecule has 1 aliphatic rings. The summed E-state index contributed by atoms with van der Waals surface area (Å²) in [5.41, 5.74) is 3.78. The van der Waals surface area contributed by atoms with Gasteiger partial charge in [-0.15, -0.1) is 0 Å². The molecule has 116 valence electrons. The van der Waals surface area contributed by atoms with E-state index in [4.69, 9.17) is 10.8 Å². The molecule has 1 fully saturated rings. The SMILES string of the molecule is CC1CCC(CN)(C(=O)NCC(C)(O)CC(=O)O)CC1. The summed E-state index contributed by atoms with van der Waals surface area (Å²) in [6, 6.07) is 0. The van der Waals surface area contributed by atoms with E-state index in [-0.39, 0.29) is 19.0 Å². The quantitative estimate of drug-likeness (QED) is 0.567. The van der Waals surface area contributed by atoms with Gasteiger partial charge in [-0.25, -0.2) is 0 Å². The number of hydrogen-bond donors (Lipinski definition) is 4. The second-order valence-corrected chi connectivity index (χ2v) is 6.42. The smallest absolute Gasteiger partial charge is 0.306 e. The molecule has 0 aromatic carbocycles. The van der Waals surface area contributed by atoms with Gasteiger partial charge in [-0.1, -0.05) is 6.92 Å². The predicted molar refractivity (Wildman–Crippen MR) is 75.0 cm³/mol. The number of nitrogens with two attached hydrogens (primary N) is 1. The highest BCUT2D eigenvalue weighted by molar-refractivity contribution is 5.83. The van der Waals surface area contributed by atoms with Crippen molar-refractivity contribution in [1.82, 2.24) is 5.32 Å². The van der Waals surface area contributed by atoms with Gasteiger partial charge in [0.15, 0.2) is 0 Å². The van der Waals surface area contributed by atoms with Crippen molar-refractivity contribution in [3.63, 3.8) is 0 Å². The van der Waals surface area contributed by atoms with Crippen LogP contribution in [0.25, 0.3) is 0 Å². The van der Waals surface area contributed by atoms with Gasteiger partial charge in [0.25, 0.3) is 0 Å². The van der Waals surface area contributed by atoms with E-state index in [1.54, 1.807) is 0 Å². The lowest BCUT2D eigenvalue weighted by molar-refractivity contribution is -0.143. The van der Waals surface area contributed by atoms with Crippen LogP contribution in [0.3, 0.4) is 0 Å². The number of carbonyl (C=O) groups is 2. The summed E-state index contributed by atoms with van der Waals surface area (Å²) in [5, 5.41) is 21.3. The van der Waals surface area contributed by atoms with Gasteiger partial charge in [-0.05, 0) is 38.5 Å². The maximum atomic E-state index is 12.3. The lowest BCUT2D eigenvalue weighted by Gasteiger charge is -2.37. The van der Waals surface area contributed by atoms with E-state index < -0.39 is 23.4 Å². The average molecular weight is 286 g/mol. The van der Waals surface area contributed by atoms with Crippen molar-refractivity contribution in [2.24, 2.45) is 17.1 Å². The van der Waals surface area contributed by atoms with Gasteiger partial charge in [0.05, 0.1) is 17.4 Å². The monoisotopic (exact) mass is 286 g/mol. The first kappa shape index (κ1) is 16.9. The van der Waals surface area contributed by atoms with Crippen LogP contribution in [0.2, 0.25) is 0 Å². The van der Waals surface area contributed by atoms with E-state index in [2.05, 4.69) is 12.2 Å². The molecule has 1 aliphatic carbocycles. The van der Waals surface area contributed by atoms with Crippen LogP contribution in [0.1, 0.15) is 46.0 Å². The van der Waals surface area contributed by atoms with Gasteiger partial charge in [0, 0.05) is 13.1 Å². The van der Waals surface area contributed by atoms with Crippen LogP contribution in [0.15, 0.2) is 0 Å². The lowest BCUT2D eigenvalue weighted by Crippen LogP contribution is -2.51. The summed E-state index contributed by atoms with van der Waals surface area (Å²) in [6.45, 7) is 3.78. The number of carboxylic acids is 1. The molecule has 0 aliphatic heterocycles. The minimum Gasteiger partial charge on any atom is -0.481 e. The van der Waals surface area contributed by atoms with E-state index >= 15 is 0 Å². The summed E-state index contributed by atoms with van der Waals surface area (Å²) in [5.74, 6) is -0.653. The number of rotatable bonds is 6. The highest BCUT2D eigenvalue weighted by atomic mass is 16.4. The van der Waals surface area contributed by atoms with Crippen LogP contribution in [-0.4, -0.2) is 40.8 Å². The Kier molecular flexibility index (Phi) is 5.53. The van der Waals surface area contributed by atoms with Crippen LogP contribution in [0.5, 0.6) is 0 Å². The summed E-state index contributed by atoms with van der Waals surface area (Å²) in [6.07, 6.45) is 3.03. The molecule has 0 bridgehead atoms. The Bertz CT molecular complexity index is 360. The third-order valence-corrected chi connectivity index (χ3v) is 4.27. The van der Waals surface area contributed by atoms with E-state index in [1.807, 2.05) is 0 Å². The molecule has 0 aromatic rings. The molecule has 0 spiro atoms. The van der Waals surface area contributed by atoms with E-state index in [0.717, 1.165) is 25.7 Å². The highest BCUT2D eigenvalue weighted by Gasteiger charge is 2.40. The number of aliphatic hydroxyl groups is 1. The molecule has 0 radical (unpaired) electrons. The fourth-order valence-corrected chi connectivity index (χ4v) is 2.69. The first-order valence-electron chi connectivity index (χ1n) is 7.13. The standard InChI is InChI=1S/C14H26N2O4/c1-10-3-5-14(8-15,6-4-10)12(19)16-9-13(2,20)7-11(17)18/h10,20H,3-9,15H2,1-2H3,(H,16,19)(H,17,18). The molecule has 1 amide bonds. The van der Waals surface area contributed by atoms with Gasteiger partial charge in [-0.2, -0.15) is 0 Å². The number of hydrogen-bond acceptors (Lipinski definition) is 4. The molecule has 1 rings (SSSR count). The van der Waals surface area contributed by atoms with Crippen LogP contribution < -0.4 is 11.1 Å². The summed E-state index contributed by atoms with van der Waals surface area (Å²) >= 11 is 0. The Labute approximate surface area is 119 Å². The predicted octanol–water partition coefficient (Wildman–Crippen LogP) is 0.484. The molecule has 20 heavy (non-hydrogen) atoms. The number of carboxylic acid groups (broad SMARTS) is 1. The van der Waals surface area contributed by atoms with E-state index in [0.29, 0.717) is 5.92 Å². The first-order valence-corrected chi connectivity index (χ1v) is 7.13. The van der Waals surface area contributed by atoms with Crippen LogP contribution >= 0.6 is 0 Å². The molecular formula is C14H26N2O4. The zero-order chi connectivity index (χ0) is 15.4. The average Bonchev–Trinajstić information content (AvgIpc) is 2.36. The fraction of sp³-hybridized carbons (Fsp3) is 0.857. The Morgan fingerprint density at radius 1 is 1.40 bits per heavy atom. The largest absolute Gasteiger partial charge is 0.481 e. The summed E-state index contributed by atoms with van der Waals surface area (Å²) in [7, 11) is 0. The van der Waals surface area contributed by atoms with Crippen LogP contribution in [-0.2, 0) is 9.59 Å². The molecular weight excluding hydrogens is 260 g/mol. The first-order chi connectivity index (χ1) is 9.21. The maximum Gasteiger partial charge on any atom is 0.306 e. The Balaban J connectivity index is 2.58. The number of amides is 1. The second kappa shape index (κ2) is 6.54. The molecule has 6 heteroatoms. The third-order valence-electron chi connectivity index (χ3n) is 4.27. The van der Waals surface area contributed by atoms with Crippen molar-refractivity contribution >= 4 is 11.9 Å². The van der Waals surface area contributed by atoms with Gasteiger partial charge in [0.2, 0.25) is 5.91 Å². The number of nitrogens with one attached hydrogen (secondary N) is 1. The van der Waals surface area contributed by atoms with Gasteiger partial charge >= 0.3 is 5.97 Å². The third kappa shape index (κ3) is 4.45. The van der Waals surface area contributed by atoms with Crippen molar-refractivity contribution in [2.75, 3.05) is 13.1 Å². The Hall–Kier alpha value is -1.14. The minimum absolute atomic E-state index is 0.0740. The minimum atomic E-state index is -1.45. The van der Waals surface area contributed by atoms with E-state index in [9.17, 15) is 14.7 Å². The molecule has 1 atom stereocenters. The zero-order valence-electron chi connectivity index (χ0n) is 12.3. The molecule has 5 N–H and O–H groups in total. The Morgan fingerprint density at radius 2 is 1.95 bits per heavy atom. The van der Waals surface area contributed by atoms with Gasteiger partial charge in [-0.3, -0.25) is 9.59 Å². The van der Waals surface area contributed by atoms with Crippen LogP contribution in [0.4, 0.5) is 0 Å². The van der Waals surface area contributed by atoms with Crippen molar-refractivity contribution in [1.29, 1.82) is 0 Å². The molecule has 6 nitrogen and oxygen atoms in total. The van der Waals surface area contributed by atoms with Gasteiger partial charge in [0.1, 0.15) is 0 Å². The number of aliphatic carboxylic acids is 1. The Morgan fingerprint density at radius 3 is 2.40 bits per heavy atom. The second-order valence-electron chi connectivity index (χ2n) is 6.42. The lowest BCUT2D eigenvalue weighted by atomic mass is 9.70. The normalized spacial score (nSPS) is 29.5. The zero-order valence-corrected chi connectivity index (χ0v) is 12.3. The van der Waals surface area contributed by atoms with Crippen LogP contribution in [0, 0.1) is 11.3 Å². The topological polar surface area (TPSA) is 113 Å². The highest BCUT2D eigenvalue weighted by Crippen LogP contribution is 2.38. The maximum absolute atomic E-state index is 12.3. The molecule has 0 aromatic heterocycles. The van der Waals surface area contributed by atoms with Crippen molar-refractivity contribution in [3.05, 3.63) is 0 Å². The molecule has 1 saturated carbocycles. The summed E-state index contributed by atoms with van der Waals surface area (Å²) < 4.78 is 0. The van der Waals surface area contributed by atoms with Crippen molar-refractivity contribution in [3.8, 4) is 0 Å². The fourth-order valence-electron chi connectivity index (χ4n) is 2.69. The summed E-state index contributed by atoms with van der Waals surface area (Å²) in [4.78, 5) is 23.0. The number of carbonyl (C=O) groups excluding carboxylic acids is 1. The van der Waals surface area contributed by atoms with Gasteiger partial charge < -0.3 is 21.3 Å². The molecule has 1 unspecified atom stereocenters. The van der Waals surface area contributed by atoms with Crippen molar-refractivity contribution in [2.45, 2.75) is 51.6 Å². The van der Waals surface area contributed by atoms with E-state index in [1.165, 1.54) is 6.92 Å². The molecule has 0 heterocycles.